The Morgan fingerprint density at radius 3 is 2.45 bits per heavy atom. The molecule has 1 saturated carbocycles. The van der Waals surface area contributed by atoms with E-state index in [0.717, 1.165) is 12.6 Å². The van der Waals surface area contributed by atoms with Crippen LogP contribution in [0.4, 0.5) is 4.79 Å². The third-order valence-electron chi connectivity index (χ3n) is 4.40. The summed E-state index contributed by atoms with van der Waals surface area (Å²) in [4.78, 5) is 14.4. The maximum Gasteiger partial charge on any atom is 0.315 e. The largest absolute Gasteiger partial charge is 0.338 e. The van der Waals surface area contributed by atoms with Gasteiger partial charge in [0.15, 0.2) is 0 Å². The molecule has 0 spiro atoms. The smallest absolute Gasteiger partial charge is 0.315 e. The van der Waals surface area contributed by atoms with Crippen LogP contribution < -0.4 is 10.6 Å². The van der Waals surface area contributed by atoms with Gasteiger partial charge in [-0.2, -0.15) is 0 Å². The third-order valence-corrected chi connectivity index (χ3v) is 4.40. The van der Waals surface area contributed by atoms with Gasteiger partial charge in [0.1, 0.15) is 0 Å². The number of hydrogen-bond donors (Lipinski definition) is 2. The van der Waals surface area contributed by atoms with Crippen LogP contribution in [0.25, 0.3) is 0 Å². The van der Waals surface area contributed by atoms with Crippen molar-refractivity contribution in [3.63, 3.8) is 0 Å². The number of amides is 2. The second-order valence-corrected chi connectivity index (χ2v) is 6.45. The van der Waals surface area contributed by atoms with E-state index in [2.05, 4.69) is 21.5 Å². The number of likely N-dealkylation sites (tertiary alicyclic amines) is 1. The fourth-order valence-corrected chi connectivity index (χ4v) is 2.79. The van der Waals surface area contributed by atoms with E-state index >= 15 is 0 Å². The molecule has 1 heterocycles. The van der Waals surface area contributed by atoms with Gasteiger partial charge in [-0.05, 0) is 50.6 Å². The van der Waals surface area contributed by atoms with Gasteiger partial charge in [-0.25, -0.2) is 4.79 Å². The van der Waals surface area contributed by atoms with Crippen LogP contribution in [0.2, 0.25) is 0 Å². The molecular formula is C16H27N3O. The van der Waals surface area contributed by atoms with Crippen molar-refractivity contribution in [3.8, 4) is 12.3 Å². The molecule has 2 fully saturated rings. The molecule has 0 aromatic carbocycles. The summed E-state index contributed by atoms with van der Waals surface area (Å²) in [5.41, 5.74) is 0. The lowest BCUT2D eigenvalue weighted by Gasteiger charge is -2.32. The number of hydrogen-bond acceptors (Lipinski definition) is 2. The molecule has 0 aromatic heterocycles. The monoisotopic (exact) mass is 277 g/mol. The van der Waals surface area contributed by atoms with E-state index in [1.807, 2.05) is 13.8 Å². The molecule has 20 heavy (non-hydrogen) atoms. The van der Waals surface area contributed by atoms with E-state index in [1.54, 1.807) is 0 Å². The highest BCUT2D eigenvalue weighted by molar-refractivity contribution is 5.74. The first kappa shape index (κ1) is 15.2. The summed E-state index contributed by atoms with van der Waals surface area (Å²) in [6.07, 6.45) is 10.6. The fraction of sp³-hybridized carbons (Fsp3) is 0.812. The van der Waals surface area contributed by atoms with Crippen LogP contribution in [-0.4, -0.2) is 42.6 Å². The molecule has 2 aliphatic rings. The second-order valence-electron chi connectivity index (χ2n) is 6.45. The lowest BCUT2D eigenvalue weighted by atomic mass is 9.97. The number of nitrogens with one attached hydrogen (secondary N) is 2. The average Bonchev–Trinajstić information content (AvgIpc) is 3.27. The number of rotatable bonds is 5. The van der Waals surface area contributed by atoms with Gasteiger partial charge in [0.2, 0.25) is 0 Å². The number of nitrogens with zero attached hydrogens (tertiary/aromatic N) is 1. The molecule has 2 rings (SSSR count). The molecule has 1 aliphatic heterocycles. The molecule has 4 heteroatoms. The fourth-order valence-electron chi connectivity index (χ4n) is 2.79. The van der Waals surface area contributed by atoms with Gasteiger partial charge < -0.3 is 15.5 Å². The minimum Gasteiger partial charge on any atom is -0.338 e. The summed E-state index contributed by atoms with van der Waals surface area (Å²) in [5.74, 6) is 3.48. The predicted octanol–water partition coefficient (Wildman–Crippen LogP) is 1.82. The third kappa shape index (κ3) is 4.42. The Morgan fingerprint density at radius 1 is 1.30 bits per heavy atom. The topological polar surface area (TPSA) is 44.4 Å². The summed E-state index contributed by atoms with van der Waals surface area (Å²) in [6.45, 7) is 7.17. The summed E-state index contributed by atoms with van der Waals surface area (Å²) in [7, 11) is 0. The van der Waals surface area contributed by atoms with Crippen molar-refractivity contribution >= 4 is 6.03 Å². The molecule has 1 aliphatic carbocycles. The van der Waals surface area contributed by atoms with Crippen LogP contribution >= 0.6 is 0 Å². The Labute approximate surface area is 122 Å². The minimum absolute atomic E-state index is 0.133. The van der Waals surface area contributed by atoms with Gasteiger partial charge in [-0.15, -0.1) is 6.42 Å². The van der Waals surface area contributed by atoms with Gasteiger partial charge in [-0.1, -0.05) is 19.8 Å². The zero-order valence-corrected chi connectivity index (χ0v) is 12.7. The molecule has 4 nitrogen and oxygen atoms in total. The Kier molecular flexibility index (Phi) is 5.31. The minimum atomic E-state index is -0.188. The lowest BCUT2D eigenvalue weighted by molar-refractivity contribution is 0.173. The van der Waals surface area contributed by atoms with Gasteiger partial charge in [0.25, 0.3) is 0 Å². The summed E-state index contributed by atoms with van der Waals surface area (Å²) < 4.78 is 0. The van der Waals surface area contributed by atoms with Gasteiger partial charge in [0, 0.05) is 12.6 Å². The van der Waals surface area contributed by atoms with E-state index in [9.17, 15) is 4.79 Å². The lowest BCUT2D eigenvalue weighted by Crippen LogP contribution is -2.46. The standard InChI is InChI=1S/C16H27N3O/c1-4-15(12(2)3)18-16(20)17-11-13-7-9-19(10-8-13)14-5-6-14/h1,12-15H,5-11H2,2-3H3,(H2,17,18,20)/t15-/m1/s1. The molecule has 0 unspecified atom stereocenters. The predicted molar refractivity (Wildman–Crippen MR) is 81.3 cm³/mol. The van der Waals surface area contributed by atoms with Crippen LogP contribution in [0.5, 0.6) is 0 Å². The first-order valence-electron chi connectivity index (χ1n) is 7.84. The van der Waals surface area contributed by atoms with E-state index in [-0.39, 0.29) is 18.0 Å². The van der Waals surface area contributed by atoms with Crippen molar-refractivity contribution in [2.75, 3.05) is 19.6 Å². The van der Waals surface area contributed by atoms with Crippen molar-refractivity contribution in [2.24, 2.45) is 11.8 Å². The van der Waals surface area contributed by atoms with Crippen LogP contribution in [0.3, 0.4) is 0 Å². The maximum absolute atomic E-state index is 11.8. The van der Waals surface area contributed by atoms with Crippen molar-refractivity contribution in [3.05, 3.63) is 0 Å². The molecule has 1 saturated heterocycles. The van der Waals surface area contributed by atoms with Crippen LogP contribution in [0.1, 0.15) is 39.5 Å². The normalized spacial score (nSPS) is 22.3. The molecule has 2 amide bonds. The number of piperidine rings is 1. The van der Waals surface area contributed by atoms with Gasteiger partial charge in [-0.3, -0.25) is 0 Å². The summed E-state index contributed by atoms with van der Waals surface area (Å²) in [6, 6.07) is 0.549. The average molecular weight is 277 g/mol. The highest BCUT2D eigenvalue weighted by Gasteiger charge is 2.31. The number of urea groups is 1. The number of carbonyl (C=O) groups excluding carboxylic acids is 1. The maximum atomic E-state index is 11.8. The first-order chi connectivity index (χ1) is 9.60. The highest BCUT2D eigenvalue weighted by Crippen LogP contribution is 2.30. The number of terminal acetylenes is 1. The van der Waals surface area contributed by atoms with Crippen LogP contribution in [0, 0.1) is 24.2 Å². The molecule has 112 valence electrons. The van der Waals surface area contributed by atoms with E-state index < -0.39 is 0 Å². The molecule has 1 atom stereocenters. The Hall–Kier alpha value is -1.21. The molecule has 0 bridgehead atoms. The number of carbonyl (C=O) groups is 1. The van der Waals surface area contributed by atoms with Crippen LogP contribution in [-0.2, 0) is 0 Å². The molecule has 0 aromatic rings. The Balaban J connectivity index is 1.62. The summed E-state index contributed by atoms with van der Waals surface area (Å²) in [5, 5.41) is 5.81. The molecule has 2 N–H and O–H groups in total. The van der Waals surface area contributed by atoms with E-state index in [4.69, 9.17) is 6.42 Å². The zero-order valence-electron chi connectivity index (χ0n) is 12.7. The second kappa shape index (κ2) is 6.99. The Morgan fingerprint density at radius 2 is 1.95 bits per heavy atom. The van der Waals surface area contributed by atoms with E-state index in [1.165, 1.54) is 38.8 Å². The zero-order chi connectivity index (χ0) is 14.5. The van der Waals surface area contributed by atoms with Gasteiger partial charge >= 0.3 is 6.03 Å². The first-order valence-corrected chi connectivity index (χ1v) is 7.84. The quantitative estimate of drug-likeness (QED) is 0.753. The Bertz CT molecular complexity index is 362. The van der Waals surface area contributed by atoms with Crippen molar-refractivity contribution in [1.82, 2.24) is 15.5 Å². The summed E-state index contributed by atoms with van der Waals surface area (Å²) >= 11 is 0. The van der Waals surface area contributed by atoms with E-state index in [0.29, 0.717) is 5.92 Å². The van der Waals surface area contributed by atoms with Gasteiger partial charge in [0.05, 0.1) is 6.04 Å². The van der Waals surface area contributed by atoms with Crippen molar-refractivity contribution in [1.29, 1.82) is 0 Å². The molecular weight excluding hydrogens is 250 g/mol. The van der Waals surface area contributed by atoms with Crippen LogP contribution in [0.15, 0.2) is 0 Å². The molecule has 0 radical (unpaired) electrons. The van der Waals surface area contributed by atoms with Crippen molar-refractivity contribution < 1.29 is 4.79 Å². The van der Waals surface area contributed by atoms with Crippen molar-refractivity contribution in [2.45, 2.75) is 51.6 Å². The SMILES string of the molecule is C#C[C@@H](NC(=O)NCC1CCN(C2CC2)CC1)C(C)C. The highest BCUT2D eigenvalue weighted by atomic mass is 16.2.